The van der Waals surface area contributed by atoms with Gasteiger partial charge in [0.15, 0.2) is 17.6 Å². The largest absolute Gasteiger partial charge is 0.490 e. The van der Waals surface area contributed by atoms with Crippen molar-refractivity contribution in [3.63, 3.8) is 0 Å². The summed E-state index contributed by atoms with van der Waals surface area (Å²) in [5.74, 6) is 1.52. The summed E-state index contributed by atoms with van der Waals surface area (Å²) < 4.78 is 17.1. The number of halogens is 1. The molecule has 2 aromatic carbocycles. The van der Waals surface area contributed by atoms with Crippen molar-refractivity contribution in [1.82, 2.24) is 0 Å². The maximum absolute atomic E-state index is 12.6. The molecular formula is C22H26ClNO4. The molecule has 5 nitrogen and oxygen atoms in total. The number of amides is 1. The van der Waals surface area contributed by atoms with Crippen LogP contribution in [0.4, 0.5) is 5.69 Å². The molecule has 0 spiro atoms. The fraction of sp³-hybridized carbons (Fsp3) is 0.409. The van der Waals surface area contributed by atoms with E-state index in [9.17, 15) is 4.79 Å². The van der Waals surface area contributed by atoms with E-state index in [1.807, 2.05) is 18.2 Å². The second-order valence-corrected chi connectivity index (χ2v) is 8.26. The normalized spacial score (nSPS) is 14.8. The molecular weight excluding hydrogens is 378 g/mol. The highest BCUT2D eigenvalue weighted by atomic mass is 35.5. The average molecular weight is 404 g/mol. The Bertz CT molecular complexity index is 860. The van der Waals surface area contributed by atoms with Crippen molar-refractivity contribution in [3.05, 3.63) is 47.0 Å². The molecule has 0 fully saturated rings. The molecule has 150 valence electrons. The first-order valence-corrected chi connectivity index (χ1v) is 9.79. The first-order valence-electron chi connectivity index (χ1n) is 9.41. The lowest BCUT2D eigenvalue weighted by Gasteiger charge is -2.21. The summed E-state index contributed by atoms with van der Waals surface area (Å²) in [6.45, 7) is 9.24. The second kappa shape index (κ2) is 8.31. The van der Waals surface area contributed by atoms with E-state index in [0.717, 1.165) is 12.0 Å². The van der Waals surface area contributed by atoms with E-state index in [-0.39, 0.29) is 11.3 Å². The standard InChI is InChI=1S/C22H26ClNO4/c1-14(28-16-8-5-7-15(11-16)22(2,3)4)21(25)24-18-13-20-19(12-17(18)23)26-9-6-10-27-20/h5,7-8,11-14H,6,9-10H2,1-4H3,(H,24,25). The molecule has 1 N–H and O–H groups in total. The van der Waals surface area contributed by atoms with E-state index in [4.69, 9.17) is 25.8 Å². The van der Waals surface area contributed by atoms with Gasteiger partial charge in [0.1, 0.15) is 5.75 Å². The summed E-state index contributed by atoms with van der Waals surface area (Å²) in [7, 11) is 0. The lowest BCUT2D eigenvalue weighted by Crippen LogP contribution is -2.30. The van der Waals surface area contributed by atoms with E-state index in [1.165, 1.54) is 0 Å². The van der Waals surface area contributed by atoms with Gasteiger partial charge in [-0.05, 0) is 30.0 Å². The molecule has 0 aliphatic carbocycles. The maximum atomic E-state index is 12.6. The molecule has 1 unspecified atom stereocenters. The fourth-order valence-corrected chi connectivity index (χ4v) is 3.01. The Morgan fingerprint density at radius 1 is 1.14 bits per heavy atom. The smallest absolute Gasteiger partial charge is 0.265 e. The Morgan fingerprint density at radius 2 is 1.82 bits per heavy atom. The summed E-state index contributed by atoms with van der Waals surface area (Å²) >= 11 is 6.30. The Hall–Kier alpha value is -2.40. The fourth-order valence-electron chi connectivity index (χ4n) is 2.81. The Morgan fingerprint density at radius 3 is 2.50 bits per heavy atom. The average Bonchev–Trinajstić information content (AvgIpc) is 2.86. The molecule has 0 radical (unpaired) electrons. The maximum Gasteiger partial charge on any atom is 0.265 e. The van der Waals surface area contributed by atoms with Crippen molar-refractivity contribution in [2.45, 2.75) is 45.6 Å². The minimum absolute atomic E-state index is 0.00229. The number of carbonyl (C=O) groups is 1. The van der Waals surface area contributed by atoms with Gasteiger partial charge in [0.25, 0.3) is 5.91 Å². The molecule has 6 heteroatoms. The molecule has 1 aliphatic heterocycles. The van der Waals surface area contributed by atoms with Gasteiger partial charge in [-0.3, -0.25) is 4.79 Å². The van der Waals surface area contributed by atoms with E-state index < -0.39 is 6.10 Å². The number of nitrogens with one attached hydrogen (secondary N) is 1. The van der Waals surface area contributed by atoms with Crippen LogP contribution in [0.1, 0.15) is 39.7 Å². The van der Waals surface area contributed by atoms with Crippen LogP contribution in [0.5, 0.6) is 17.2 Å². The number of anilines is 1. The Balaban J connectivity index is 1.70. The van der Waals surface area contributed by atoms with E-state index in [2.05, 4.69) is 32.2 Å². The zero-order valence-electron chi connectivity index (χ0n) is 16.7. The molecule has 0 aromatic heterocycles. The van der Waals surface area contributed by atoms with E-state index >= 15 is 0 Å². The molecule has 1 aliphatic rings. The van der Waals surface area contributed by atoms with Gasteiger partial charge >= 0.3 is 0 Å². The van der Waals surface area contributed by atoms with Crippen LogP contribution >= 0.6 is 11.6 Å². The summed E-state index contributed by atoms with van der Waals surface area (Å²) in [5.41, 5.74) is 1.61. The quantitative estimate of drug-likeness (QED) is 0.761. The van der Waals surface area contributed by atoms with Gasteiger partial charge in [-0.2, -0.15) is 0 Å². The van der Waals surface area contributed by atoms with Gasteiger partial charge in [-0.25, -0.2) is 0 Å². The molecule has 2 aromatic rings. The lowest BCUT2D eigenvalue weighted by molar-refractivity contribution is -0.122. The summed E-state index contributed by atoms with van der Waals surface area (Å²) in [6, 6.07) is 11.1. The van der Waals surface area contributed by atoms with E-state index in [0.29, 0.717) is 41.2 Å². The Labute approximate surface area is 170 Å². The van der Waals surface area contributed by atoms with Crippen molar-refractivity contribution < 1.29 is 19.0 Å². The van der Waals surface area contributed by atoms with Gasteiger partial charge in [0, 0.05) is 18.6 Å². The van der Waals surface area contributed by atoms with Crippen molar-refractivity contribution in [1.29, 1.82) is 0 Å². The first kappa shape index (κ1) is 20.3. The lowest BCUT2D eigenvalue weighted by atomic mass is 9.87. The molecule has 1 atom stereocenters. The number of benzene rings is 2. The highest BCUT2D eigenvalue weighted by Crippen LogP contribution is 2.37. The van der Waals surface area contributed by atoms with Crippen LogP contribution in [-0.2, 0) is 10.2 Å². The zero-order chi connectivity index (χ0) is 20.3. The highest BCUT2D eigenvalue weighted by Gasteiger charge is 2.20. The third kappa shape index (κ3) is 4.90. The molecule has 1 heterocycles. The molecule has 0 saturated heterocycles. The predicted molar refractivity (Wildman–Crippen MR) is 111 cm³/mol. The number of fused-ring (bicyclic) bond motifs is 1. The third-order valence-corrected chi connectivity index (χ3v) is 4.79. The van der Waals surface area contributed by atoms with Crippen molar-refractivity contribution in [2.24, 2.45) is 0 Å². The van der Waals surface area contributed by atoms with Crippen molar-refractivity contribution >= 4 is 23.2 Å². The van der Waals surface area contributed by atoms with Crippen LogP contribution in [-0.4, -0.2) is 25.2 Å². The number of hydrogen-bond acceptors (Lipinski definition) is 4. The van der Waals surface area contributed by atoms with Crippen LogP contribution in [0, 0.1) is 0 Å². The molecule has 0 saturated carbocycles. The van der Waals surface area contributed by atoms with Gasteiger partial charge in [0.05, 0.1) is 23.9 Å². The van der Waals surface area contributed by atoms with Crippen LogP contribution in [0.15, 0.2) is 36.4 Å². The van der Waals surface area contributed by atoms with Crippen LogP contribution < -0.4 is 19.5 Å². The zero-order valence-corrected chi connectivity index (χ0v) is 17.4. The molecule has 28 heavy (non-hydrogen) atoms. The van der Waals surface area contributed by atoms with E-state index in [1.54, 1.807) is 19.1 Å². The number of hydrogen-bond donors (Lipinski definition) is 1. The van der Waals surface area contributed by atoms with Gasteiger partial charge in [0.2, 0.25) is 0 Å². The van der Waals surface area contributed by atoms with Crippen LogP contribution in [0.2, 0.25) is 5.02 Å². The summed E-state index contributed by atoms with van der Waals surface area (Å²) in [6.07, 6.45) is 0.106. The molecule has 0 bridgehead atoms. The van der Waals surface area contributed by atoms with Gasteiger partial charge in [-0.1, -0.05) is 44.5 Å². The minimum Gasteiger partial charge on any atom is -0.490 e. The Kier molecular flexibility index (Phi) is 6.04. The monoisotopic (exact) mass is 403 g/mol. The predicted octanol–water partition coefficient (Wildman–Crippen LogP) is 5.20. The first-order chi connectivity index (χ1) is 13.2. The highest BCUT2D eigenvalue weighted by molar-refractivity contribution is 6.34. The number of carbonyl (C=O) groups excluding carboxylic acids is 1. The SMILES string of the molecule is CC(Oc1cccc(C(C)(C)C)c1)C(=O)Nc1cc2c(cc1Cl)OCCCO2. The minimum atomic E-state index is -0.692. The summed E-state index contributed by atoms with van der Waals surface area (Å²) in [5, 5.41) is 3.20. The third-order valence-electron chi connectivity index (χ3n) is 4.48. The molecule has 1 amide bonds. The van der Waals surface area contributed by atoms with Crippen molar-refractivity contribution in [2.75, 3.05) is 18.5 Å². The second-order valence-electron chi connectivity index (χ2n) is 7.86. The molecule has 3 rings (SSSR count). The summed E-state index contributed by atoms with van der Waals surface area (Å²) in [4.78, 5) is 12.6. The number of ether oxygens (including phenoxy) is 3. The van der Waals surface area contributed by atoms with Gasteiger partial charge in [-0.15, -0.1) is 0 Å². The van der Waals surface area contributed by atoms with Crippen LogP contribution in [0.3, 0.4) is 0 Å². The number of rotatable bonds is 4. The van der Waals surface area contributed by atoms with Crippen LogP contribution in [0.25, 0.3) is 0 Å². The topological polar surface area (TPSA) is 56.8 Å². The van der Waals surface area contributed by atoms with Crippen molar-refractivity contribution in [3.8, 4) is 17.2 Å². The van der Waals surface area contributed by atoms with Gasteiger partial charge < -0.3 is 19.5 Å².